The van der Waals surface area contributed by atoms with Crippen LogP contribution in [0.3, 0.4) is 0 Å². The summed E-state index contributed by atoms with van der Waals surface area (Å²) in [6, 6.07) is 21.7. The second-order valence-corrected chi connectivity index (χ2v) is 5.51. The van der Waals surface area contributed by atoms with Gasteiger partial charge in [0.15, 0.2) is 0 Å². The zero-order chi connectivity index (χ0) is 17.1. The van der Waals surface area contributed by atoms with Gasteiger partial charge in [0.05, 0.1) is 12.2 Å². The first-order valence-corrected chi connectivity index (χ1v) is 7.88. The third-order valence-electron chi connectivity index (χ3n) is 3.91. The van der Waals surface area contributed by atoms with Gasteiger partial charge in [-0.05, 0) is 29.0 Å². The standard InChI is InChI=1S/C20H14N4O/c21-12-18-20(23-13-15-8-3-4-11-22-15)25-19(24-18)17-10-5-7-14-6-1-2-9-16(14)17/h1-11,23H,13H2. The summed E-state index contributed by atoms with van der Waals surface area (Å²) in [5.74, 6) is 0.785. The number of hydrogen-bond acceptors (Lipinski definition) is 5. The summed E-state index contributed by atoms with van der Waals surface area (Å²) in [6.45, 7) is 0.458. The number of nitrogens with one attached hydrogen (secondary N) is 1. The van der Waals surface area contributed by atoms with Gasteiger partial charge in [0.1, 0.15) is 6.07 Å². The monoisotopic (exact) mass is 326 g/mol. The van der Waals surface area contributed by atoms with E-state index in [-0.39, 0.29) is 5.69 Å². The van der Waals surface area contributed by atoms with Crippen molar-refractivity contribution < 1.29 is 4.42 Å². The molecule has 0 atom stereocenters. The number of nitrogens with zero attached hydrogens (tertiary/aromatic N) is 3. The number of nitriles is 1. The Bertz CT molecular complexity index is 1060. The minimum Gasteiger partial charge on any atom is -0.419 e. The third-order valence-corrected chi connectivity index (χ3v) is 3.91. The van der Waals surface area contributed by atoms with Gasteiger partial charge in [-0.25, -0.2) is 0 Å². The highest BCUT2D eigenvalue weighted by atomic mass is 16.4. The molecule has 0 spiro atoms. The molecule has 4 aromatic rings. The van der Waals surface area contributed by atoms with Gasteiger partial charge in [0.2, 0.25) is 17.5 Å². The Hall–Kier alpha value is -3.65. The molecule has 2 heterocycles. The summed E-state index contributed by atoms with van der Waals surface area (Å²) >= 11 is 0. The summed E-state index contributed by atoms with van der Waals surface area (Å²) in [4.78, 5) is 8.60. The van der Waals surface area contributed by atoms with Crippen LogP contribution in [-0.4, -0.2) is 9.97 Å². The highest BCUT2D eigenvalue weighted by Gasteiger charge is 2.16. The van der Waals surface area contributed by atoms with Gasteiger partial charge in [0.25, 0.3) is 0 Å². The maximum atomic E-state index is 9.36. The zero-order valence-corrected chi connectivity index (χ0v) is 13.3. The van der Waals surface area contributed by atoms with Crippen molar-refractivity contribution in [3.05, 3.63) is 78.2 Å². The molecule has 4 rings (SSSR count). The molecule has 0 radical (unpaired) electrons. The summed E-state index contributed by atoms with van der Waals surface area (Å²) in [7, 11) is 0. The van der Waals surface area contributed by atoms with Crippen LogP contribution < -0.4 is 5.32 Å². The van der Waals surface area contributed by atoms with Crippen molar-refractivity contribution in [2.75, 3.05) is 5.32 Å². The molecule has 0 aliphatic carbocycles. The van der Waals surface area contributed by atoms with Crippen LogP contribution in [-0.2, 0) is 6.54 Å². The average Bonchev–Trinajstić information content (AvgIpc) is 3.10. The first-order chi connectivity index (χ1) is 12.3. The topological polar surface area (TPSA) is 74.7 Å². The van der Waals surface area contributed by atoms with E-state index in [9.17, 15) is 5.26 Å². The minimum atomic E-state index is 0.235. The maximum absolute atomic E-state index is 9.36. The quantitative estimate of drug-likeness (QED) is 0.602. The predicted octanol–water partition coefficient (Wildman–Crippen LogP) is 4.37. The van der Waals surface area contributed by atoms with Crippen LogP contribution in [0.1, 0.15) is 11.4 Å². The van der Waals surface area contributed by atoms with E-state index in [0.717, 1.165) is 22.0 Å². The van der Waals surface area contributed by atoms with Crippen molar-refractivity contribution in [3.63, 3.8) is 0 Å². The zero-order valence-electron chi connectivity index (χ0n) is 13.3. The van der Waals surface area contributed by atoms with Gasteiger partial charge in [-0.2, -0.15) is 10.2 Å². The van der Waals surface area contributed by atoms with Crippen LogP contribution >= 0.6 is 0 Å². The second-order valence-electron chi connectivity index (χ2n) is 5.51. The normalized spacial score (nSPS) is 10.5. The Morgan fingerprint density at radius 1 is 1.00 bits per heavy atom. The van der Waals surface area contributed by atoms with Crippen molar-refractivity contribution in [2.45, 2.75) is 6.54 Å². The first-order valence-electron chi connectivity index (χ1n) is 7.88. The number of pyridine rings is 1. The van der Waals surface area contributed by atoms with Crippen molar-refractivity contribution >= 4 is 16.7 Å². The Morgan fingerprint density at radius 2 is 1.84 bits per heavy atom. The predicted molar refractivity (Wildman–Crippen MR) is 95.7 cm³/mol. The van der Waals surface area contributed by atoms with E-state index in [1.165, 1.54) is 0 Å². The molecule has 0 fully saturated rings. The molecule has 0 saturated carbocycles. The maximum Gasteiger partial charge on any atom is 0.232 e. The molecule has 0 aliphatic rings. The molecule has 0 saturated heterocycles. The van der Waals surface area contributed by atoms with Gasteiger partial charge < -0.3 is 9.73 Å². The number of hydrogen-bond donors (Lipinski definition) is 1. The van der Waals surface area contributed by atoms with Gasteiger partial charge in [-0.1, -0.05) is 42.5 Å². The van der Waals surface area contributed by atoms with E-state index in [2.05, 4.69) is 21.4 Å². The van der Waals surface area contributed by atoms with Gasteiger partial charge in [0, 0.05) is 11.8 Å². The second kappa shape index (κ2) is 6.46. The number of fused-ring (bicyclic) bond motifs is 1. The molecule has 120 valence electrons. The smallest absolute Gasteiger partial charge is 0.232 e. The number of anilines is 1. The average molecular weight is 326 g/mol. The lowest BCUT2D eigenvalue weighted by Gasteiger charge is -2.03. The van der Waals surface area contributed by atoms with Crippen molar-refractivity contribution in [1.29, 1.82) is 5.26 Å². The Labute approximate surface area is 144 Å². The molecule has 0 bridgehead atoms. The summed E-state index contributed by atoms with van der Waals surface area (Å²) in [6.07, 6.45) is 1.73. The molecular formula is C20H14N4O. The van der Waals surface area contributed by atoms with Crippen LogP contribution in [0.4, 0.5) is 5.88 Å². The van der Waals surface area contributed by atoms with E-state index in [4.69, 9.17) is 4.42 Å². The summed E-state index contributed by atoms with van der Waals surface area (Å²) in [5.41, 5.74) is 1.95. The van der Waals surface area contributed by atoms with Crippen molar-refractivity contribution in [3.8, 4) is 17.5 Å². The molecule has 2 aromatic heterocycles. The SMILES string of the molecule is N#Cc1nc(-c2cccc3ccccc23)oc1NCc1ccccn1. The highest BCUT2D eigenvalue weighted by Crippen LogP contribution is 2.31. The lowest BCUT2D eigenvalue weighted by molar-refractivity contribution is 0.585. The van der Waals surface area contributed by atoms with Gasteiger partial charge >= 0.3 is 0 Å². The van der Waals surface area contributed by atoms with Gasteiger partial charge in [-0.3, -0.25) is 4.98 Å². The van der Waals surface area contributed by atoms with Crippen molar-refractivity contribution in [2.24, 2.45) is 0 Å². The number of oxazole rings is 1. The van der Waals surface area contributed by atoms with Crippen LogP contribution in [0.5, 0.6) is 0 Å². The van der Waals surface area contributed by atoms with E-state index >= 15 is 0 Å². The van der Waals surface area contributed by atoms with Gasteiger partial charge in [-0.15, -0.1) is 0 Å². The molecular weight excluding hydrogens is 312 g/mol. The van der Waals surface area contributed by atoms with Crippen LogP contribution in [0.2, 0.25) is 0 Å². The third kappa shape index (κ3) is 2.93. The number of benzene rings is 2. The minimum absolute atomic E-state index is 0.235. The van der Waals surface area contributed by atoms with E-state index in [1.54, 1.807) is 6.20 Å². The fourth-order valence-electron chi connectivity index (χ4n) is 2.72. The Kier molecular flexibility index (Phi) is 3.85. The Morgan fingerprint density at radius 3 is 2.68 bits per heavy atom. The largest absolute Gasteiger partial charge is 0.419 e. The summed E-state index contributed by atoms with van der Waals surface area (Å²) in [5, 5.41) is 14.6. The fraction of sp³-hybridized carbons (Fsp3) is 0.0500. The molecule has 25 heavy (non-hydrogen) atoms. The highest BCUT2D eigenvalue weighted by molar-refractivity contribution is 5.94. The number of aromatic nitrogens is 2. The first kappa shape index (κ1) is 14.9. The molecule has 2 aromatic carbocycles. The van der Waals surface area contributed by atoms with E-state index in [0.29, 0.717) is 18.3 Å². The molecule has 0 amide bonds. The molecule has 5 heteroatoms. The van der Waals surface area contributed by atoms with E-state index in [1.807, 2.05) is 60.7 Å². The molecule has 5 nitrogen and oxygen atoms in total. The summed E-state index contributed by atoms with van der Waals surface area (Å²) < 4.78 is 5.85. The van der Waals surface area contributed by atoms with Crippen LogP contribution in [0.15, 0.2) is 71.3 Å². The van der Waals surface area contributed by atoms with E-state index < -0.39 is 0 Å². The van der Waals surface area contributed by atoms with Crippen LogP contribution in [0.25, 0.3) is 22.2 Å². The van der Waals surface area contributed by atoms with Crippen LogP contribution in [0, 0.1) is 11.3 Å². The lowest BCUT2D eigenvalue weighted by atomic mass is 10.0. The fourth-order valence-corrected chi connectivity index (χ4v) is 2.72. The number of rotatable bonds is 4. The van der Waals surface area contributed by atoms with Crippen molar-refractivity contribution in [1.82, 2.24) is 9.97 Å². The Balaban J connectivity index is 1.70. The lowest BCUT2D eigenvalue weighted by Crippen LogP contribution is -2.01. The molecule has 0 unspecified atom stereocenters. The molecule has 1 N–H and O–H groups in total. The molecule has 0 aliphatic heterocycles.